The van der Waals surface area contributed by atoms with E-state index in [9.17, 15) is 0 Å². The van der Waals surface area contributed by atoms with Gasteiger partial charge in [-0.2, -0.15) is 0 Å². The van der Waals surface area contributed by atoms with Crippen LogP contribution in [0.4, 0.5) is 0 Å². The van der Waals surface area contributed by atoms with Crippen molar-refractivity contribution in [2.75, 3.05) is 20.3 Å². The smallest absolute Gasteiger partial charge is 0.114 e. The molecule has 0 aromatic heterocycles. The number of nitrogens with two attached hydrogens (primary N) is 1. The molecule has 0 saturated carbocycles. The van der Waals surface area contributed by atoms with Crippen LogP contribution in [0.1, 0.15) is 19.3 Å². The second-order valence-electron chi connectivity index (χ2n) is 4.36. The number of hydrogen-bond acceptors (Lipinski definition) is 3. The number of methoxy groups -OCH3 is 1. The molecule has 1 unspecified atom stereocenters. The highest BCUT2D eigenvalue weighted by molar-refractivity contribution is 5.21. The zero-order valence-corrected chi connectivity index (χ0v) is 9.24. The summed E-state index contributed by atoms with van der Waals surface area (Å²) in [6.07, 6.45) is 9.23. The van der Waals surface area contributed by atoms with Crippen molar-refractivity contribution in [2.24, 2.45) is 11.7 Å². The van der Waals surface area contributed by atoms with Gasteiger partial charge in [0.05, 0.1) is 7.11 Å². The molecular formula is C12H19NO2. The molecule has 2 rings (SSSR count). The largest absolute Gasteiger partial charge is 0.497 e. The minimum Gasteiger partial charge on any atom is -0.497 e. The lowest BCUT2D eigenvalue weighted by molar-refractivity contribution is 0.0380. The molecule has 0 radical (unpaired) electrons. The Hall–Kier alpha value is -0.800. The number of rotatable bonds is 2. The van der Waals surface area contributed by atoms with Crippen LogP contribution in [0.3, 0.4) is 0 Å². The van der Waals surface area contributed by atoms with Crippen LogP contribution >= 0.6 is 0 Å². The summed E-state index contributed by atoms with van der Waals surface area (Å²) in [4.78, 5) is 0. The van der Waals surface area contributed by atoms with Crippen LogP contribution in [-0.2, 0) is 9.47 Å². The Bertz CT molecular complexity index is 277. The van der Waals surface area contributed by atoms with Gasteiger partial charge in [0, 0.05) is 18.8 Å². The van der Waals surface area contributed by atoms with Crippen molar-refractivity contribution in [3.05, 3.63) is 24.0 Å². The second kappa shape index (κ2) is 4.37. The van der Waals surface area contributed by atoms with Gasteiger partial charge in [-0.25, -0.2) is 0 Å². The third-order valence-electron chi connectivity index (χ3n) is 3.46. The molecule has 1 aliphatic heterocycles. The summed E-state index contributed by atoms with van der Waals surface area (Å²) in [5, 5.41) is 0. The molecule has 1 aliphatic carbocycles. The van der Waals surface area contributed by atoms with E-state index in [2.05, 4.69) is 12.2 Å². The summed E-state index contributed by atoms with van der Waals surface area (Å²) < 4.78 is 10.5. The van der Waals surface area contributed by atoms with Gasteiger partial charge in [0.1, 0.15) is 5.76 Å². The van der Waals surface area contributed by atoms with Gasteiger partial charge in [0.15, 0.2) is 0 Å². The molecule has 1 fully saturated rings. The maximum atomic E-state index is 6.42. The highest BCUT2D eigenvalue weighted by atomic mass is 16.5. The first-order valence-electron chi connectivity index (χ1n) is 5.53. The lowest BCUT2D eigenvalue weighted by Crippen LogP contribution is -2.50. The van der Waals surface area contributed by atoms with Gasteiger partial charge in [-0.05, 0) is 37.3 Å². The first kappa shape index (κ1) is 10.7. The van der Waals surface area contributed by atoms with Gasteiger partial charge in [-0.3, -0.25) is 0 Å². The first-order valence-corrected chi connectivity index (χ1v) is 5.53. The summed E-state index contributed by atoms with van der Waals surface area (Å²) in [5.41, 5.74) is 6.34. The Kier molecular flexibility index (Phi) is 3.12. The minimum atomic E-state index is -0.0788. The van der Waals surface area contributed by atoms with Gasteiger partial charge >= 0.3 is 0 Å². The maximum absolute atomic E-state index is 6.42. The topological polar surface area (TPSA) is 44.5 Å². The van der Waals surface area contributed by atoms with E-state index in [-0.39, 0.29) is 5.54 Å². The molecule has 2 N–H and O–H groups in total. The van der Waals surface area contributed by atoms with E-state index in [1.54, 1.807) is 7.11 Å². The van der Waals surface area contributed by atoms with E-state index in [1.807, 2.05) is 6.08 Å². The summed E-state index contributed by atoms with van der Waals surface area (Å²) in [6.45, 7) is 1.59. The van der Waals surface area contributed by atoms with Gasteiger partial charge < -0.3 is 15.2 Å². The molecule has 1 heterocycles. The van der Waals surface area contributed by atoms with Crippen molar-refractivity contribution in [2.45, 2.75) is 24.8 Å². The number of hydrogen-bond donors (Lipinski definition) is 1. The Morgan fingerprint density at radius 1 is 1.47 bits per heavy atom. The van der Waals surface area contributed by atoms with Gasteiger partial charge in [0.2, 0.25) is 0 Å². The Labute approximate surface area is 90.9 Å². The zero-order valence-electron chi connectivity index (χ0n) is 9.24. The van der Waals surface area contributed by atoms with Crippen LogP contribution in [0.25, 0.3) is 0 Å². The quantitative estimate of drug-likeness (QED) is 0.751. The van der Waals surface area contributed by atoms with Crippen LogP contribution < -0.4 is 5.73 Å². The molecule has 1 atom stereocenters. The van der Waals surface area contributed by atoms with E-state index in [1.165, 1.54) is 0 Å². The van der Waals surface area contributed by atoms with Crippen molar-refractivity contribution in [3.8, 4) is 0 Å². The molecule has 0 aromatic rings. The normalized spacial score (nSPS) is 29.7. The van der Waals surface area contributed by atoms with Crippen molar-refractivity contribution < 1.29 is 9.47 Å². The molecular weight excluding hydrogens is 190 g/mol. The molecule has 1 saturated heterocycles. The van der Waals surface area contributed by atoms with Crippen molar-refractivity contribution >= 4 is 0 Å². The third kappa shape index (κ3) is 2.24. The summed E-state index contributed by atoms with van der Waals surface area (Å²) in [6, 6.07) is 0. The molecule has 0 bridgehead atoms. The molecule has 2 aliphatic rings. The van der Waals surface area contributed by atoms with Gasteiger partial charge in [-0.1, -0.05) is 6.08 Å². The first-order chi connectivity index (χ1) is 7.24. The van der Waals surface area contributed by atoms with Crippen LogP contribution in [-0.4, -0.2) is 25.9 Å². The third-order valence-corrected chi connectivity index (χ3v) is 3.46. The van der Waals surface area contributed by atoms with Crippen molar-refractivity contribution in [3.63, 3.8) is 0 Å². The van der Waals surface area contributed by atoms with E-state index >= 15 is 0 Å². The molecule has 0 amide bonds. The Morgan fingerprint density at radius 2 is 2.20 bits per heavy atom. The zero-order chi connectivity index (χ0) is 10.7. The monoisotopic (exact) mass is 209 g/mol. The molecule has 15 heavy (non-hydrogen) atoms. The second-order valence-corrected chi connectivity index (χ2v) is 4.36. The predicted molar refractivity (Wildman–Crippen MR) is 59.3 cm³/mol. The number of ether oxygens (including phenoxy) is 2. The van der Waals surface area contributed by atoms with E-state index < -0.39 is 0 Å². The summed E-state index contributed by atoms with van der Waals surface area (Å²) in [7, 11) is 1.70. The minimum absolute atomic E-state index is 0.0788. The lowest BCUT2D eigenvalue weighted by Gasteiger charge is -2.39. The molecule has 0 spiro atoms. The van der Waals surface area contributed by atoms with Crippen LogP contribution in [0.2, 0.25) is 0 Å². The maximum Gasteiger partial charge on any atom is 0.114 e. The average molecular weight is 209 g/mol. The summed E-state index contributed by atoms with van der Waals surface area (Å²) in [5.74, 6) is 1.38. The van der Waals surface area contributed by atoms with E-state index in [0.29, 0.717) is 5.92 Å². The fourth-order valence-electron chi connectivity index (χ4n) is 2.30. The lowest BCUT2D eigenvalue weighted by atomic mass is 9.75. The predicted octanol–water partition coefficient (Wildman–Crippen LogP) is 1.60. The fourth-order valence-corrected chi connectivity index (χ4v) is 2.30. The van der Waals surface area contributed by atoms with Gasteiger partial charge in [-0.15, -0.1) is 0 Å². The van der Waals surface area contributed by atoms with Crippen LogP contribution in [0, 0.1) is 5.92 Å². The van der Waals surface area contributed by atoms with Crippen molar-refractivity contribution in [1.82, 2.24) is 0 Å². The Morgan fingerprint density at radius 3 is 2.73 bits per heavy atom. The fraction of sp³-hybridized carbons (Fsp3) is 0.667. The molecule has 3 nitrogen and oxygen atoms in total. The number of allylic oxidation sites excluding steroid dienone is 2. The Balaban J connectivity index is 2.01. The van der Waals surface area contributed by atoms with Crippen LogP contribution in [0.15, 0.2) is 24.0 Å². The SMILES string of the molecule is COC1=CCC(C2(N)CCOCC2)C=C1. The highest BCUT2D eigenvalue weighted by Crippen LogP contribution is 2.32. The van der Waals surface area contributed by atoms with Crippen molar-refractivity contribution in [1.29, 1.82) is 0 Å². The van der Waals surface area contributed by atoms with Gasteiger partial charge in [0.25, 0.3) is 0 Å². The average Bonchev–Trinajstić information content (AvgIpc) is 2.30. The molecule has 3 heteroatoms. The highest BCUT2D eigenvalue weighted by Gasteiger charge is 2.35. The van der Waals surface area contributed by atoms with E-state index in [4.69, 9.17) is 15.2 Å². The molecule has 84 valence electrons. The summed E-state index contributed by atoms with van der Waals surface area (Å²) >= 11 is 0. The van der Waals surface area contributed by atoms with E-state index in [0.717, 1.165) is 38.2 Å². The molecule has 0 aromatic carbocycles. The standard InChI is InChI=1S/C12H19NO2/c1-14-11-4-2-10(3-5-11)12(13)6-8-15-9-7-12/h2,4-5,10H,3,6-9,13H2,1H3. The van der Waals surface area contributed by atoms with Crippen LogP contribution in [0.5, 0.6) is 0 Å².